The molecular weight excluding hydrogens is 324 g/mol. The number of aromatic nitrogens is 3. The minimum absolute atomic E-state index is 0.0474. The Kier molecular flexibility index (Phi) is 3.82. The molecule has 3 rings (SSSR count). The number of aryl methyl sites for hydroxylation is 1. The summed E-state index contributed by atoms with van der Waals surface area (Å²) in [6.07, 6.45) is 0. The number of fused-ring (bicyclic) bond motifs is 1. The molecule has 1 amide bonds. The van der Waals surface area contributed by atoms with Gasteiger partial charge in [0.1, 0.15) is 11.4 Å². The van der Waals surface area contributed by atoms with Gasteiger partial charge in [-0.25, -0.2) is 9.78 Å². The van der Waals surface area contributed by atoms with Crippen molar-refractivity contribution in [1.29, 1.82) is 0 Å². The molecule has 0 unspecified atom stereocenters. The van der Waals surface area contributed by atoms with Gasteiger partial charge in [0.2, 0.25) is 0 Å². The Hall–Kier alpha value is -3.16. The summed E-state index contributed by atoms with van der Waals surface area (Å²) >= 11 is 0. The van der Waals surface area contributed by atoms with E-state index in [2.05, 4.69) is 20.3 Å². The first-order valence-corrected chi connectivity index (χ1v) is 7.71. The van der Waals surface area contributed by atoms with Gasteiger partial charge in [0, 0.05) is 11.1 Å². The van der Waals surface area contributed by atoms with Crippen molar-refractivity contribution >= 4 is 22.7 Å². The highest BCUT2D eigenvalue weighted by Gasteiger charge is 2.22. The Bertz CT molecular complexity index is 1080. The number of hydrogen-bond donors (Lipinski definition) is 3. The molecule has 25 heavy (non-hydrogen) atoms. The topological polar surface area (TPSA) is 121 Å². The van der Waals surface area contributed by atoms with Crippen LogP contribution in [-0.2, 0) is 5.41 Å². The molecule has 0 saturated carbocycles. The molecule has 8 nitrogen and oxygen atoms in total. The Morgan fingerprint density at radius 1 is 1.20 bits per heavy atom. The summed E-state index contributed by atoms with van der Waals surface area (Å²) in [7, 11) is 0. The number of amides is 1. The molecule has 0 aliphatic carbocycles. The quantitative estimate of drug-likeness (QED) is 0.658. The summed E-state index contributed by atoms with van der Waals surface area (Å²) in [5.41, 5.74) is 0.735. The Morgan fingerprint density at radius 2 is 1.92 bits per heavy atom. The lowest BCUT2D eigenvalue weighted by Crippen LogP contribution is -2.30. The largest absolute Gasteiger partial charge is 0.417 e. The summed E-state index contributed by atoms with van der Waals surface area (Å²) in [5.74, 6) is -0.631. The van der Waals surface area contributed by atoms with Crippen molar-refractivity contribution in [2.45, 2.75) is 33.1 Å². The van der Waals surface area contributed by atoms with Gasteiger partial charge >= 0.3 is 5.76 Å². The molecule has 1 aromatic carbocycles. The average molecular weight is 342 g/mol. The highest BCUT2D eigenvalue weighted by Crippen LogP contribution is 2.19. The first kappa shape index (κ1) is 16.7. The van der Waals surface area contributed by atoms with Gasteiger partial charge in [0.15, 0.2) is 5.58 Å². The van der Waals surface area contributed by atoms with Gasteiger partial charge in [-0.3, -0.25) is 14.6 Å². The number of carbonyl (C=O) groups excluding carboxylic acids is 1. The van der Waals surface area contributed by atoms with E-state index in [1.54, 1.807) is 25.1 Å². The number of anilines is 1. The van der Waals surface area contributed by atoms with Crippen LogP contribution in [0.2, 0.25) is 0 Å². The fourth-order valence-corrected chi connectivity index (χ4v) is 2.43. The maximum Gasteiger partial charge on any atom is 0.417 e. The van der Waals surface area contributed by atoms with Crippen molar-refractivity contribution in [2.75, 3.05) is 5.32 Å². The van der Waals surface area contributed by atoms with Crippen molar-refractivity contribution in [3.8, 4) is 0 Å². The van der Waals surface area contributed by atoms with Crippen LogP contribution in [0.15, 0.2) is 32.2 Å². The van der Waals surface area contributed by atoms with Gasteiger partial charge in [0.25, 0.3) is 11.5 Å². The molecule has 0 aliphatic heterocycles. The number of aromatic amines is 2. The SMILES string of the molecule is Cc1nc(C(C)(C)C)[nH]c(=O)c1C(=O)Nc1ccc2oc(=O)[nH]c2c1. The average Bonchev–Trinajstić information content (AvgIpc) is 2.84. The summed E-state index contributed by atoms with van der Waals surface area (Å²) in [4.78, 5) is 45.5. The van der Waals surface area contributed by atoms with Crippen molar-refractivity contribution in [3.05, 3.63) is 56.2 Å². The van der Waals surface area contributed by atoms with Crippen molar-refractivity contribution in [2.24, 2.45) is 0 Å². The monoisotopic (exact) mass is 342 g/mol. The van der Waals surface area contributed by atoms with Crippen LogP contribution in [-0.4, -0.2) is 20.9 Å². The van der Waals surface area contributed by atoms with E-state index in [1.165, 1.54) is 0 Å². The number of rotatable bonds is 2. The van der Waals surface area contributed by atoms with E-state index in [1.807, 2.05) is 20.8 Å². The van der Waals surface area contributed by atoms with Crippen molar-refractivity contribution in [1.82, 2.24) is 15.0 Å². The van der Waals surface area contributed by atoms with Crippen LogP contribution < -0.4 is 16.6 Å². The van der Waals surface area contributed by atoms with Crippen LogP contribution in [0.5, 0.6) is 0 Å². The van der Waals surface area contributed by atoms with Crippen molar-refractivity contribution in [3.63, 3.8) is 0 Å². The van der Waals surface area contributed by atoms with Crippen LogP contribution >= 0.6 is 0 Å². The van der Waals surface area contributed by atoms with E-state index in [0.717, 1.165) is 0 Å². The second-order valence-electron chi connectivity index (χ2n) is 6.80. The zero-order valence-electron chi connectivity index (χ0n) is 14.3. The molecule has 0 spiro atoms. The number of nitrogens with zero attached hydrogens (tertiary/aromatic N) is 1. The summed E-state index contributed by atoms with van der Waals surface area (Å²) < 4.78 is 4.91. The molecule has 3 aromatic rings. The molecule has 3 N–H and O–H groups in total. The number of carbonyl (C=O) groups is 1. The molecule has 8 heteroatoms. The normalized spacial score (nSPS) is 11.7. The number of nitrogens with one attached hydrogen (secondary N) is 3. The fourth-order valence-electron chi connectivity index (χ4n) is 2.43. The van der Waals surface area contributed by atoms with Gasteiger partial charge in [-0.15, -0.1) is 0 Å². The van der Waals surface area contributed by atoms with E-state index >= 15 is 0 Å². The van der Waals surface area contributed by atoms with Gasteiger partial charge in [-0.1, -0.05) is 20.8 Å². The minimum Gasteiger partial charge on any atom is -0.408 e. The first-order valence-electron chi connectivity index (χ1n) is 7.71. The number of hydrogen-bond acceptors (Lipinski definition) is 5. The molecule has 2 heterocycles. The van der Waals surface area contributed by atoms with E-state index in [-0.39, 0.29) is 11.0 Å². The van der Waals surface area contributed by atoms with Crippen LogP contribution in [0.1, 0.15) is 42.6 Å². The van der Waals surface area contributed by atoms with Gasteiger partial charge < -0.3 is 14.7 Å². The third-order valence-corrected chi connectivity index (χ3v) is 3.71. The second kappa shape index (κ2) is 5.73. The van der Waals surface area contributed by atoms with Crippen LogP contribution in [0, 0.1) is 6.92 Å². The predicted molar refractivity (Wildman–Crippen MR) is 93.1 cm³/mol. The first-order chi connectivity index (χ1) is 11.6. The molecule has 0 saturated heterocycles. The number of benzene rings is 1. The summed E-state index contributed by atoms with van der Waals surface area (Å²) in [6.45, 7) is 7.39. The predicted octanol–water partition coefficient (Wildman–Crippen LogP) is 2.06. The molecule has 0 fully saturated rings. The van der Waals surface area contributed by atoms with Crippen LogP contribution in [0.4, 0.5) is 5.69 Å². The standard InChI is InChI=1S/C17H18N4O4/c1-8-12(14(23)21-15(18-8)17(2,3)4)13(22)19-9-5-6-11-10(7-9)20-16(24)25-11/h5-7H,1-4H3,(H,19,22)(H,20,24)(H,18,21,23). The molecule has 0 atom stereocenters. The lowest BCUT2D eigenvalue weighted by Gasteiger charge is -2.18. The second-order valence-corrected chi connectivity index (χ2v) is 6.80. The van der Waals surface area contributed by atoms with Gasteiger partial charge in [-0.05, 0) is 25.1 Å². The molecule has 0 bridgehead atoms. The zero-order chi connectivity index (χ0) is 18.4. The minimum atomic E-state index is -0.576. The molecular formula is C17H18N4O4. The number of H-pyrrole nitrogens is 2. The zero-order valence-corrected chi connectivity index (χ0v) is 14.3. The Balaban J connectivity index is 1.94. The summed E-state index contributed by atoms with van der Waals surface area (Å²) in [6, 6.07) is 4.69. The lowest BCUT2D eigenvalue weighted by atomic mass is 9.95. The van der Waals surface area contributed by atoms with E-state index in [9.17, 15) is 14.4 Å². The smallest absolute Gasteiger partial charge is 0.408 e. The van der Waals surface area contributed by atoms with E-state index in [4.69, 9.17) is 4.42 Å². The highest BCUT2D eigenvalue weighted by atomic mass is 16.4. The fraction of sp³-hybridized carbons (Fsp3) is 0.294. The van der Waals surface area contributed by atoms with Crippen LogP contribution in [0.3, 0.4) is 0 Å². The maximum absolute atomic E-state index is 12.5. The molecule has 0 radical (unpaired) electrons. The highest BCUT2D eigenvalue weighted by molar-refractivity contribution is 6.05. The Labute approximate surface area is 142 Å². The van der Waals surface area contributed by atoms with E-state index in [0.29, 0.717) is 28.3 Å². The van der Waals surface area contributed by atoms with Crippen LogP contribution in [0.25, 0.3) is 11.1 Å². The summed E-state index contributed by atoms with van der Waals surface area (Å²) in [5, 5.41) is 2.64. The van der Waals surface area contributed by atoms with E-state index < -0.39 is 17.2 Å². The Morgan fingerprint density at radius 3 is 2.56 bits per heavy atom. The number of oxazole rings is 1. The van der Waals surface area contributed by atoms with Gasteiger partial charge in [0.05, 0.1) is 11.2 Å². The van der Waals surface area contributed by atoms with Gasteiger partial charge in [-0.2, -0.15) is 0 Å². The maximum atomic E-state index is 12.5. The third kappa shape index (κ3) is 3.23. The van der Waals surface area contributed by atoms with Crippen molar-refractivity contribution < 1.29 is 9.21 Å². The molecule has 0 aliphatic rings. The lowest BCUT2D eigenvalue weighted by molar-refractivity contribution is 0.102. The molecule has 2 aromatic heterocycles. The third-order valence-electron chi connectivity index (χ3n) is 3.71. The molecule has 130 valence electrons.